The fraction of sp³-hybridized carbons (Fsp3) is 0.562. The Morgan fingerprint density at radius 1 is 1.22 bits per heavy atom. The molecule has 126 valence electrons. The van der Waals surface area contributed by atoms with Crippen LogP contribution in [0.25, 0.3) is 0 Å². The summed E-state index contributed by atoms with van der Waals surface area (Å²) in [5.41, 5.74) is 1.04. The van der Waals surface area contributed by atoms with Crippen molar-refractivity contribution in [3.63, 3.8) is 0 Å². The van der Waals surface area contributed by atoms with Crippen LogP contribution in [0, 0.1) is 0 Å². The molecule has 7 heteroatoms. The van der Waals surface area contributed by atoms with Gasteiger partial charge in [0.2, 0.25) is 0 Å². The second kappa shape index (κ2) is 7.60. The summed E-state index contributed by atoms with van der Waals surface area (Å²) in [6.07, 6.45) is 2.30. The van der Waals surface area contributed by atoms with Gasteiger partial charge >= 0.3 is 6.03 Å². The number of hydrogen-bond acceptors (Lipinski definition) is 3. The normalized spacial score (nSPS) is 21.6. The summed E-state index contributed by atoms with van der Waals surface area (Å²) in [4.78, 5) is 16.3. The van der Waals surface area contributed by atoms with Crippen molar-refractivity contribution in [1.82, 2.24) is 10.2 Å². The average Bonchev–Trinajstić information content (AvgIpc) is 3.09. The van der Waals surface area contributed by atoms with E-state index in [1.165, 1.54) is 0 Å². The summed E-state index contributed by atoms with van der Waals surface area (Å²) < 4.78 is 5.52. The van der Waals surface area contributed by atoms with Crippen molar-refractivity contribution in [1.29, 1.82) is 0 Å². The zero-order valence-electron chi connectivity index (χ0n) is 12.9. The number of carbonyl (C=O) groups is 1. The average molecular weight is 358 g/mol. The number of rotatable bonds is 3. The maximum Gasteiger partial charge on any atom is 0.317 e. The summed E-state index contributed by atoms with van der Waals surface area (Å²) in [7, 11) is 0. The lowest BCUT2D eigenvalue weighted by molar-refractivity contribution is 0.108. The van der Waals surface area contributed by atoms with E-state index < -0.39 is 0 Å². The van der Waals surface area contributed by atoms with Crippen molar-refractivity contribution in [2.24, 2.45) is 0 Å². The smallest absolute Gasteiger partial charge is 0.317 e. The predicted octanol–water partition coefficient (Wildman–Crippen LogP) is 3.00. The zero-order chi connectivity index (χ0) is 16.2. The number of urea groups is 1. The number of piperazine rings is 1. The Bertz CT molecular complexity index is 556. The van der Waals surface area contributed by atoms with Gasteiger partial charge in [-0.1, -0.05) is 23.2 Å². The summed E-state index contributed by atoms with van der Waals surface area (Å²) in [6, 6.07) is 5.63. The van der Waals surface area contributed by atoms with Crippen LogP contribution in [0.4, 0.5) is 10.5 Å². The van der Waals surface area contributed by atoms with Gasteiger partial charge in [0, 0.05) is 45.0 Å². The van der Waals surface area contributed by atoms with Crippen LogP contribution in [0.3, 0.4) is 0 Å². The lowest BCUT2D eigenvalue weighted by Gasteiger charge is -2.36. The molecule has 0 radical (unpaired) electrons. The summed E-state index contributed by atoms with van der Waals surface area (Å²) in [5.74, 6) is 0. The molecule has 1 aromatic rings. The van der Waals surface area contributed by atoms with Crippen molar-refractivity contribution >= 4 is 34.9 Å². The van der Waals surface area contributed by atoms with E-state index in [4.69, 9.17) is 27.9 Å². The molecule has 2 fully saturated rings. The van der Waals surface area contributed by atoms with Gasteiger partial charge in [-0.15, -0.1) is 0 Å². The fourth-order valence-corrected chi connectivity index (χ4v) is 3.26. The molecule has 2 amide bonds. The monoisotopic (exact) mass is 357 g/mol. The van der Waals surface area contributed by atoms with Crippen LogP contribution < -0.4 is 10.2 Å². The third kappa shape index (κ3) is 4.22. The number of nitrogens with zero attached hydrogens (tertiary/aromatic N) is 2. The first-order valence-corrected chi connectivity index (χ1v) is 8.73. The Labute approximate surface area is 146 Å². The van der Waals surface area contributed by atoms with E-state index in [2.05, 4.69) is 10.2 Å². The van der Waals surface area contributed by atoms with Gasteiger partial charge in [-0.25, -0.2) is 4.79 Å². The third-order valence-corrected chi connectivity index (χ3v) is 5.08. The minimum absolute atomic E-state index is 0.00529. The van der Waals surface area contributed by atoms with Gasteiger partial charge in [0.05, 0.1) is 16.1 Å². The van der Waals surface area contributed by atoms with E-state index in [0.717, 1.165) is 38.2 Å². The lowest BCUT2D eigenvalue weighted by atomic mass is 10.2. The van der Waals surface area contributed by atoms with Gasteiger partial charge < -0.3 is 19.9 Å². The maximum atomic E-state index is 12.2. The van der Waals surface area contributed by atoms with Crippen molar-refractivity contribution in [3.8, 4) is 0 Å². The second-order valence-corrected chi connectivity index (χ2v) is 6.71. The van der Waals surface area contributed by atoms with Gasteiger partial charge in [0.15, 0.2) is 0 Å². The molecule has 1 unspecified atom stereocenters. The summed E-state index contributed by atoms with van der Waals surface area (Å²) in [5, 5.41) is 4.08. The molecule has 0 aromatic heterocycles. The topological polar surface area (TPSA) is 44.8 Å². The van der Waals surface area contributed by atoms with Crippen molar-refractivity contribution < 1.29 is 9.53 Å². The molecule has 3 rings (SSSR count). The highest BCUT2D eigenvalue weighted by Crippen LogP contribution is 2.27. The van der Waals surface area contributed by atoms with Crippen molar-refractivity contribution in [3.05, 3.63) is 28.2 Å². The lowest BCUT2D eigenvalue weighted by Crippen LogP contribution is -2.52. The Hall–Kier alpha value is -1.17. The molecule has 1 atom stereocenters. The fourth-order valence-electron chi connectivity index (χ4n) is 2.97. The number of hydrogen-bond donors (Lipinski definition) is 1. The van der Waals surface area contributed by atoms with E-state index in [1.54, 1.807) is 6.07 Å². The molecule has 1 aromatic carbocycles. The number of ether oxygens (including phenoxy) is 1. The minimum Gasteiger partial charge on any atom is -0.376 e. The molecule has 2 saturated heterocycles. The maximum absolute atomic E-state index is 12.2. The highest BCUT2D eigenvalue weighted by molar-refractivity contribution is 6.42. The van der Waals surface area contributed by atoms with Crippen molar-refractivity contribution in [2.45, 2.75) is 18.9 Å². The van der Waals surface area contributed by atoms with Crippen LogP contribution in [-0.2, 0) is 4.74 Å². The van der Waals surface area contributed by atoms with Crippen LogP contribution in [0.2, 0.25) is 10.0 Å². The summed E-state index contributed by atoms with van der Waals surface area (Å²) in [6.45, 7) is 4.36. The molecular weight excluding hydrogens is 337 g/mol. The van der Waals surface area contributed by atoms with Gasteiger partial charge in [0.25, 0.3) is 0 Å². The van der Waals surface area contributed by atoms with Crippen LogP contribution in [0.5, 0.6) is 0 Å². The molecule has 2 heterocycles. The molecule has 23 heavy (non-hydrogen) atoms. The number of halogens is 2. The van der Waals surface area contributed by atoms with Gasteiger partial charge in [0.1, 0.15) is 0 Å². The molecule has 2 aliphatic rings. The molecule has 0 saturated carbocycles. The van der Waals surface area contributed by atoms with Gasteiger partial charge in [-0.05, 0) is 31.0 Å². The highest BCUT2D eigenvalue weighted by Gasteiger charge is 2.23. The van der Waals surface area contributed by atoms with E-state index in [9.17, 15) is 4.79 Å². The molecule has 0 aliphatic carbocycles. The Morgan fingerprint density at radius 2 is 2.00 bits per heavy atom. The Morgan fingerprint density at radius 3 is 2.65 bits per heavy atom. The van der Waals surface area contributed by atoms with Crippen LogP contribution in [0.1, 0.15) is 12.8 Å². The van der Waals surface area contributed by atoms with Crippen LogP contribution in [-0.4, -0.2) is 56.4 Å². The number of amides is 2. The zero-order valence-corrected chi connectivity index (χ0v) is 14.4. The number of anilines is 1. The standard InChI is InChI=1S/C16H21Cl2N3O2/c17-14-4-3-12(10-15(14)18)20-5-7-21(8-6-20)16(22)19-11-13-2-1-9-23-13/h3-4,10,13H,1-2,5-9,11H2,(H,19,22). The van der Waals surface area contributed by atoms with E-state index >= 15 is 0 Å². The van der Waals surface area contributed by atoms with Gasteiger partial charge in [-0.2, -0.15) is 0 Å². The SMILES string of the molecule is O=C(NCC1CCCO1)N1CCN(c2ccc(Cl)c(Cl)c2)CC1. The van der Waals surface area contributed by atoms with Crippen molar-refractivity contribution in [2.75, 3.05) is 44.2 Å². The first-order chi connectivity index (χ1) is 11.1. The number of nitrogens with one attached hydrogen (secondary N) is 1. The molecular formula is C16H21Cl2N3O2. The largest absolute Gasteiger partial charge is 0.376 e. The number of benzene rings is 1. The second-order valence-electron chi connectivity index (χ2n) is 5.89. The number of carbonyl (C=O) groups excluding carboxylic acids is 1. The predicted molar refractivity (Wildman–Crippen MR) is 92.6 cm³/mol. The highest BCUT2D eigenvalue weighted by atomic mass is 35.5. The van der Waals surface area contributed by atoms with Gasteiger partial charge in [-0.3, -0.25) is 0 Å². The first-order valence-electron chi connectivity index (χ1n) is 7.98. The molecule has 5 nitrogen and oxygen atoms in total. The molecule has 1 N–H and O–H groups in total. The molecule has 0 bridgehead atoms. The summed E-state index contributed by atoms with van der Waals surface area (Å²) >= 11 is 12.0. The Kier molecular flexibility index (Phi) is 5.51. The van der Waals surface area contributed by atoms with Crippen LogP contribution in [0.15, 0.2) is 18.2 Å². The first kappa shape index (κ1) is 16.7. The van der Waals surface area contributed by atoms with E-state index in [1.807, 2.05) is 17.0 Å². The Balaban J connectivity index is 1.47. The molecule has 0 spiro atoms. The molecule has 2 aliphatic heterocycles. The van der Waals surface area contributed by atoms with E-state index in [0.29, 0.717) is 29.7 Å². The van der Waals surface area contributed by atoms with E-state index in [-0.39, 0.29) is 12.1 Å². The van der Waals surface area contributed by atoms with Crippen LogP contribution >= 0.6 is 23.2 Å². The quantitative estimate of drug-likeness (QED) is 0.904. The third-order valence-electron chi connectivity index (χ3n) is 4.34. The minimum atomic E-state index is -0.00529.